The molecular weight excluding hydrogens is 424 g/mol. The largest absolute Gasteiger partial charge is 0.489 e. The van der Waals surface area contributed by atoms with Gasteiger partial charge in [-0.3, -0.25) is 9.59 Å². The highest BCUT2D eigenvalue weighted by Crippen LogP contribution is 2.19. The lowest BCUT2D eigenvalue weighted by Crippen LogP contribution is -2.37. The summed E-state index contributed by atoms with van der Waals surface area (Å²) in [7, 11) is 1.46. The Morgan fingerprint density at radius 2 is 1.67 bits per heavy atom. The standard InChI is InChI=1S/C25H26N2O6/c1-17-8-7-9-18(2)23(17)26-21(28)14-27(3)22(29)16-33-25(30)24-19(12-13-31-24)15-32-20-10-5-4-6-11-20/h4-13H,14-16H2,1-3H3,(H,26,28). The zero-order valence-corrected chi connectivity index (χ0v) is 18.8. The average molecular weight is 450 g/mol. The lowest BCUT2D eigenvalue weighted by atomic mass is 10.1. The number of carbonyl (C=O) groups is 3. The van der Waals surface area contributed by atoms with E-state index in [-0.39, 0.29) is 24.8 Å². The van der Waals surface area contributed by atoms with E-state index in [0.29, 0.717) is 11.3 Å². The minimum atomic E-state index is -0.784. The number of furan rings is 1. The number of likely N-dealkylation sites (N-methyl/N-ethyl adjacent to an activating group) is 1. The lowest BCUT2D eigenvalue weighted by Gasteiger charge is -2.18. The summed E-state index contributed by atoms with van der Waals surface area (Å²) in [6.45, 7) is 3.19. The number of benzene rings is 2. The monoisotopic (exact) mass is 450 g/mol. The molecule has 0 bridgehead atoms. The summed E-state index contributed by atoms with van der Waals surface area (Å²) in [4.78, 5) is 38.3. The molecule has 172 valence electrons. The molecule has 0 aliphatic rings. The minimum absolute atomic E-state index is 0.0332. The number of para-hydroxylation sites is 2. The maximum Gasteiger partial charge on any atom is 0.375 e. The van der Waals surface area contributed by atoms with Gasteiger partial charge in [-0.25, -0.2) is 4.79 Å². The van der Waals surface area contributed by atoms with Crippen molar-refractivity contribution in [1.82, 2.24) is 4.90 Å². The molecule has 0 aliphatic heterocycles. The van der Waals surface area contributed by atoms with Crippen molar-refractivity contribution < 1.29 is 28.3 Å². The van der Waals surface area contributed by atoms with Crippen LogP contribution in [-0.4, -0.2) is 42.9 Å². The number of amides is 2. The van der Waals surface area contributed by atoms with Gasteiger partial charge in [0.25, 0.3) is 5.91 Å². The van der Waals surface area contributed by atoms with E-state index in [4.69, 9.17) is 13.9 Å². The predicted octanol–water partition coefficient (Wildman–Crippen LogP) is 3.73. The molecule has 0 unspecified atom stereocenters. The Balaban J connectivity index is 1.48. The fourth-order valence-corrected chi connectivity index (χ4v) is 3.10. The van der Waals surface area contributed by atoms with Crippen LogP contribution < -0.4 is 10.1 Å². The second-order valence-electron chi connectivity index (χ2n) is 7.52. The normalized spacial score (nSPS) is 10.4. The topological polar surface area (TPSA) is 98.1 Å². The molecule has 1 aromatic heterocycles. The van der Waals surface area contributed by atoms with Gasteiger partial charge in [-0.1, -0.05) is 36.4 Å². The summed E-state index contributed by atoms with van der Waals surface area (Å²) in [5.41, 5.74) is 3.07. The Kier molecular flexibility index (Phi) is 7.86. The molecule has 2 amide bonds. The van der Waals surface area contributed by atoms with Gasteiger partial charge in [-0.2, -0.15) is 0 Å². The molecule has 1 N–H and O–H groups in total. The number of aryl methyl sites for hydroxylation is 2. The molecular formula is C25H26N2O6. The van der Waals surface area contributed by atoms with Crippen LogP contribution in [0.15, 0.2) is 65.3 Å². The van der Waals surface area contributed by atoms with E-state index in [2.05, 4.69) is 5.32 Å². The van der Waals surface area contributed by atoms with Gasteiger partial charge in [0.2, 0.25) is 11.7 Å². The lowest BCUT2D eigenvalue weighted by molar-refractivity contribution is -0.136. The zero-order valence-electron chi connectivity index (χ0n) is 18.8. The smallest absolute Gasteiger partial charge is 0.375 e. The number of carbonyl (C=O) groups excluding carboxylic acids is 3. The number of nitrogens with one attached hydrogen (secondary N) is 1. The van der Waals surface area contributed by atoms with Crippen molar-refractivity contribution in [3.8, 4) is 5.75 Å². The Morgan fingerprint density at radius 1 is 0.970 bits per heavy atom. The van der Waals surface area contributed by atoms with Crippen molar-refractivity contribution in [2.75, 3.05) is 25.5 Å². The Labute approximate surface area is 192 Å². The van der Waals surface area contributed by atoms with Gasteiger partial charge in [0, 0.05) is 18.3 Å². The van der Waals surface area contributed by atoms with Crippen LogP contribution in [-0.2, 0) is 20.9 Å². The van der Waals surface area contributed by atoms with Crippen molar-refractivity contribution in [1.29, 1.82) is 0 Å². The molecule has 0 saturated carbocycles. The predicted molar refractivity (Wildman–Crippen MR) is 122 cm³/mol. The van der Waals surface area contributed by atoms with Gasteiger partial charge in [0.05, 0.1) is 12.8 Å². The summed E-state index contributed by atoms with van der Waals surface area (Å²) >= 11 is 0. The van der Waals surface area contributed by atoms with E-state index in [0.717, 1.165) is 16.8 Å². The van der Waals surface area contributed by atoms with Gasteiger partial charge < -0.3 is 24.1 Å². The highest BCUT2D eigenvalue weighted by Gasteiger charge is 2.21. The second-order valence-corrected chi connectivity index (χ2v) is 7.52. The van der Waals surface area contributed by atoms with E-state index in [1.54, 1.807) is 18.2 Å². The summed E-state index contributed by atoms with van der Waals surface area (Å²) in [5.74, 6) is -1.04. The van der Waals surface area contributed by atoms with Crippen LogP contribution in [0.1, 0.15) is 27.2 Å². The first-order valence-electron chi connectivity index (χ1n) is 10.4. The fraction of sp³-hybridized carbons (Fsp3) is 0.240. The highest BCUT2D eigenvalue weighted by atomic mass is 16.5. The van der Waals surface area contributed by atoms with Crippen LogP contribution in [0.5, 0.6) is 5.75 Å². The third-order valence-corrected chi connectivity index (χ3v) is 4.95. The average Bonchev–Trinajstić information content (AvgIpc) is 3.28. The summed E-state index contributed by atoms with van der Waals surface area (Å²) in [6, 6.07) is 16.4. The van der Waals surface area contributed by atoms with Crippen molar-refractivity contribution in [3.05, 3.63) is 83.3 Å². The van der Waals surface area contributed by atoms with Crippen molar-refractivity contribution in [3.63, 3.8) is 0 Å². The van der Waals surface area contributed by atoms with E-state index >= 15 is 0 Å². The van der Waals surface area contributed by atoms with Crippen LogP contribution in [0.3, 0.4) is 0 Å². The molecule has 0 spiro atoms. The van der Waals surface area contributed by atoms with Gasteiger partial charge in [0.15, 0.2) is 6.61 Å². The molecule has 2 aromatic carbocycles. The quantitative estimate of drug-likeness (QED) is 0.499. The van der Waals surface area contributed by atoms with Gasteiger partial charge in [-0.15, -0.1) is 0 Å². The van der Waals surface area contributed by atoms with Crippen molar-refractivity contribution in [2.45, 2.75) is 20.5 Å². The first-order valence-corrected chi connectivity index (χ1v) is 10.4. The molecule has 3 rings (SSSR count). The maximum atomic E-state index is 12.4. The molecule has 8 heteroatoms. The molecule has 0 aliphatic carbocycles. The first kappa shape index (κ1) is 23.6. The number of hydrogen-bond acceptors (Lipinski definition) is 6. The van der Waals surface area contributed by atoms with Gasteiger partial charge >= 0.3 is 5.97 Å². The SMILES string of the molecule is Cc1cccc(C)c1NC(=O)CN(C)C(=O)COC(=O)c1occc1COc1ccccc1. The Morgan fingerprint density at radius 3 is 2.36 bits per heavy atom. The third kappa shape index (κ3) is 6.46. The number of ether oxygens (including phenoxy) is 2. The fourth-order valence-electron chi connectivity index (χ4n) is 3.10. The van der Waals surface area contributed by atoms with Crippen LogP contribution in [0.2, 0.25) is 0 Å². The van der Waals surface area contributed by atoms with E-state index in [9.17, 15) is 14.4 Å². The summed E-state index contributed by atoms with van der Waals surface area (Å²) in [6.07, 6.45) is 1.35. The number of esters is 1. The molecule has 0 radical (unpaired) electrons. The number of nitrogens with zero attached hydrogens (tertiary/aromatic N) is 1. The Bertz CT molecular complexity index is 1100. The minimum Gasteiger partial charge on any atom is -0.489 e. The third-order valence-electron chi connectivity index (χ3n) is 4.95. The zero-order chi connectivity index (χ0) is 23.8. The Hall–Kier alpha value is -4.07. The van der Waals surface area contributed by atoms with E-state index < -0.39 is 18.5 Å². The van der Waals surface area contributed by atoms with Gasteiger partial charge in [-0.05, 0) is 43.2 Å². The van der Waals surface area contributed by atoms with Crippen molar-refractivity contribution in [2.24, 2.45) is 0 Å². The number of rotatable bonds is 9. The first-order chi connectivity index (χ1) is 15.8. The maximum absolute atomic E-state index is 12.4. The molecule has 8 nitrogen and oxygen atoms in total. The van der Waals surface area contributed by atoms with E-state index in [1.807, 2.05) is 50.2 Å². The van der Waals surface area contributed by atoms with Gasteiger partial charge in [0.1, 0.15) is 12.4 Å². The van der Waals surface area contributed by atoms with Crippen molar-refractivity contribution >= 4 is 23.5 Å². The summed E-state index contributed by atoms with van der Waals surface area (Å²) < 4.78 is 15.9. The molecule has 3 aromatic rings. The summed E-state index contributed by atoms with van der Waals surface area (Å²) in [5, 5.41) is 2.82. The molecule has 0 atom stereocenters. The number of hydrogen-bond donors (Lipinski definition) is 1. The molecule has 33 heavy (non-hydrogen) atoms. The second kappa shape index (κ2) is 11.0. The molecule has 0 saturated heterocycles. The highest BCUT2D eigenvalue weighted by molar-refractivity contribution is 5.96. The van der Waals surface area contributed by atoms with Crippen LogP contribution in [0.25, 0.3) is 0 Å². The molecule has 1 heterocycles. The molecule has 0 fully saturated rings. The van der Waals surface area contributed by atoms with Crippen LogP contribution in [0.4, 0.5) is 5.69 Å². The number of anilines is 1. The van der Waals surface area contributed by atoms with Crippen LogP contribution >= 0.6 is 0 Å². The van der Waals surface area contributed by atoms with E-state index in [1.165, 1.54) is 18.2 Å². The van der Waals surface area contributed by atoms with Crippen LogP contribution in [0, 0.1) is 13.8 Å².